The first-order valence-corrected chi connectivity index (χ1v) is 6.66. The summed E-state index contributed by atoms with van der Waals surface area (Å²) in [4.78, 5) is 12.6. The van der Waals surface area contributed by atoms with Crippen LogP contribution in [0.5, 0.6) is 0 Å². The summed E-state index contributed by atoms with van der Waals surface area (Å²) < 4.78 is 1.54. The van der Waals surface area contributed by atoms with Crippen LogP contribution in [0.4, 0.5) is 5.82 Å². The third-order valence-corrected chi connectivity index (χ3v) is 3.30. The fraction of sp³-hybridized carbons (Fsp3) is 0.214. The molecule has 0 bridgehead atoms. The van der Waals surface area contributed by atoms with Crippen molar-refractivity contribution in [2.24, 2.45) is 12.8 Å². The summed E-state index contributed by atoms with van der Waals surface area (Å²) in [6.07, 6.45) is 2.33. The second kappa shape index (κ2) is 5.83. The lowest BCUT2D eigenvalue weighted by Crippen LogP contribution is -2.19. The van der Waals surface area contributed by atoms with Gasteiger partial charge in [-0.05, 0) is 18.1 Å². The van der Waals surface area contributed by atoms with E-state index in [1.54, 1.807) is 24.0 Å². The zero-order chi connectivity index (χ0) is 14.7. The molecule has 0 saturated heterocycles. The molecular formula is C14H16N4OS. The fourth-order valence-corrected chi connectivity index (χ4v) is 2.14. The van der Waals surface area contributed by atoms with Crippen molar-refractivity contribution >= 4 is 28.9 Å². The van der Waals surface area contributed by atoms with Gasteiger partial charge in [0.05, 0.1) is 11.8 Å². The molecule has 0 unspecified atom stereocenters. The first kappa shape index (κ1) is 14.2. The summed E-state index contributed by atoms with van der Waals surface area (Å²) in [5.74, 6) is 0.317. The largest absolute Gasteiger partial charge is 0.389 e. The van der Waals surface area contributed by atoms with Crippen LogP contribution in [0, 0.1) is 0 Å². The van der Waals surface area contributed by atoms with E-state index in [9.17, 15) is 4.79 Å². The number of nitrogens with zero attached hydrogens (tertiary/aromatic N) is 2. The molecule has 1 amide bonds. The zero-order valence-corrected chi connectivity index (χ0v) is 12.2. The van der Waals surface area contributed by atoms with Crippen molar-refractivity contribution < 1.29 is 4.79 Å². The van der Waals surface area contributed by atoms with E-state index in [2.05, 4.69) is 10.4 Å². The van der Waals surface area contributed by atoms with Gasteiger partial charge in [-0.15, -0.1) is 0 Å². The lowest BCUT2D eigenvalue weighted by Gasteiger charge is -2.10. The second-order valence-corrected chi connectivity index (χ2v) is 4.80. The maximum absolute atomic E-state index is 12.4. The Balaban J connectivity index is 2.33. The van der Waals surface area contributed by atoms with E-state index in [0.717, 1.165) is 12.0 Å². The number of hydrogen-bond acceptors (Lipinski definition) is 3. The highest BCUT2D eigenvalue weighted by atomic mass is 32.1. The van der Waals surface area contributed by atoms with Gasteiger partial charge in [-0.1, -0.05) is 37.3 Å². The number of rotatable bonds is 4. The van der Waals surface area contributed by atoms with Gasteiger partial charge in [0, 0.05) is 12.6 Å². The van der Waals surface area contributed by atoms with E-state index in [1.165, 1.54) is 0 Å². The minimum absolute atomic E-state index is 0.191. The highest BCUT2D eigenvalue weighted by Crippen LogP contribution is 2.17. The van der Waals surface area contributed by atoms with Gasteiger partial charge in [0.2, 0.25) is 0 Å². The van der Waals surface area contributed by atoms with Crippen molar-refractivity contribution in [3.63, 3.8) is 0 Å². The number of carbonyl (C=O) groups excluding carboxylic acids is 1. The number of aryl methyl sites for hydroxylation is 2. The van der Waals surface area contributed by atoms with Crippen molar-refractivity contribution in [3.05, 3.63) is 47.2 Å². The molecule has 2 rings (SSSR count). The Morgan fingerprint density at radius 2 is 2.10 bits per heavy atom. The van der Waals surface area contributed by atoms with Gasteiger partial charge in [0.1, 0.15) is 10.8 Å². The highest BCUT2D eigenvalue weighted by Gasteiger charge is 2.16. The first-order valence-electron chi connectivity index (χ1n) is 6.25. The summed E-state index contributed by atoms with van der Waals surface area (Å²) >= 11 is 4.95. The van der Waals surface area contributed by atoms with Gasteiger partial charge in [-0.3, -0.25) is 9.48 Å². The quantitative estimate of drug-likeness (QED) is 0.842. The van der Waals surface area contributed by atoms with E-state index in [-0.39, 0.29) is 10.9 Å². The van der Waals surface area contributed by atoms with Gasteiger partial charge in [0.25, 0.3) is 5.91 Å². The van der Waals surface area contributed by atoms with Crippen molar-refractivity contribution in [3.8, 4) is 0 Å². The standard InChI is InChI=1S/C14H16N4OS/c1-3-9-6-4-5-7-10(9)14(19)17-13-11(12(15)20)8-16-18(13)2/h4-8H,3H2,1-2H3,(H2,15,20)(H,17,19). The summed E-state index contributed by atoms with van der Waals surface area (Å²) in [5.41, 5.74) is 7.82. The van der Waals surface area contributed by atoms with Gasteiger partial charge >= 0.3 is 0 Å². The van der Waals surface area contributed by atoms with Crippen molar-refractivity contribution in [1.82, 2.24) is 9.78 Å². The number of anilines is 1. The molecular weight excluding hydrogens is 272 g/mol. The van der Waals surface area contributed by atoms with Gasteiger partial charge in [-0.25, -0.2) is 0 Å². The molecule has 0 aliphatic rings. The Bertz CT molecular complexity index is 663. The zero-order valence-electron chi connectivity index (χ0n) is 11.4. The molecule has 3 N–H and O–H groups in total. The third-order valence-electron chi connectivity index (χ3n) is 3.08. The monoisotopic (exact) mass is 288 g/mol. The Kier molecular flexibility index (Phi) is 4.14. The van der Waals surface area contributed by atoms with E-state index in [4.69, 9.17) is 18.0 Å². The van der Waals surface area contributed by atoms with E-state index >= 15 is 0 Å². The number of hydrogen-bond donors (Lipinski definition) is 2. The number of thiocarbonyl (C=S) groups is 1. The van der Waals surface area contributed by atoms with Crippen LogP contribution >= 0.6 is 12.2 Å². The summed E-state index contributed by atoms with van der Waals surface area (Å²) in [6.45, 7) is 2.01. The number of benzene rings is 1. The van der Waals surface area contributed by atoms with Crippen molar-refractivity contribution in [1.29, 1.82) is 0 Å². The normalized spacial score (nSPS) is 10.3. The maximum Gasteiger partial charge on any atom is 0.257 e. The van der Waals surface area contributed by atoms with Crippen LogP contribution < -0.4 is 11.1 Å². The van der Waals surface area contributed by atoms with Crippen LogP contribution in [0.3, 0.4) is 0 Å². The molecule has 5 nitrogen and oxygen atoms in total. The predicted octanol–water partition coefficient (Wildman–Crippen LogP) is 1.87. The van der Waals surface area contributed by atoms with Crippen LogP contribution in [0.1, 0.15) is 28.4 Å². The van der Waals surface area contributed by atoms with E-state index in [1.807, 2.05) is 25.1 Å². The van der Waals surface area contributed by atoms with Gasteiger partial charge in [0.15, 0.2) is 0 Å². The number of nitrogens with two attached hydrogens (primary N) is 1. The molecule has 104 valence electrons. The lowest BCUT2D eigenvalue weighted by atomic mass is 10.0. The molecule has 0 aliphatic heterocycles. The molecule has 0 spiro atoms. The summed E-state index contributed by atoms with van der Waals surface area (Å²) in [6, 6.07) is 7.49. The molecule has 0 saturated carbocycles. The molecule has 2 aromatic rings. The molecule has 20 heavy (non-hydrogen) atoms. The summed E-state index contributed by atoms with van der Waals surface area (Å²) in [7, 11) is 1.73. The molecule has 1 heterocycles. The number of amides is 1. The number of nitrogens with one attached hydrogen (secondary N) is 1. The Morgan fingerprint density at radius 1 is 1.40 bits per heavy atom. The van der Waals surface area contributed by atoms with E-state index < -0.39 is 0 Å². The Hall–Kier alpha value is -2.21. The van der Waals surface area contributed by atoms with Crippen molar-refractivity contribution in [2.75, 3.05) is 5.32 Å². The molecule has 1 aromatic heterocycles. The molecule has 0 aliphatic carbocycles. The molecule has 0 radical (unpaired) electrons. The van der Waals surface area contributed by atoms with E-state index in [0.29, 0.717) is 16.9 Å². The predicted molar refractivity (Wildman–Crippen MR) is 82.9 cm³/mol. The van der Waals surface area contributed by atoms with Crippen LogP contribution in [-0.2, 0) is 13.5 Å². The molecule has 1 aromatic carbocycles. The van der Waals surface area contributed by atoms with Crippen LogP contribution in [0.15, 0.2) is 30.5 Å². The highest BCUT2D eigenvalue weighted by molar-refractivity contribution is 7.80. The minimum Gasteiger partial charge on any atom is -0.389 e. The second-order valence-electron chi connectivity index (χ2n) is 4.36. The first-order chi connectivity index (χ1) is 9.54. The van der Waals surface area contributed by atoms with Gasteiger partial charge in [-0.2, -0.15) is 5.10 Å². The Labute approximate surface area is 122 Å². The van der Waals surface area contributed by atoms with Crippen LogP contribution in [0.2, 0.25) is 0 Å². The average molecular weight is 288 g/mol. The third kappa shape index (κ3) is 2.70. The smallest absolute Gasteiger partial charge is 0.257 e. The topological polar surface area (TPSA) is 72.9 Å². The van der Waals surface area contributed by atoms with Crippen LogP contribution in [0.25, 0.3) is 0 Å². The average Bonchev–Trinajstić information content (AvgIpc) is 2.80. The Morgan fingerprint density at radius 3 is 2.75 bits per heavy atom. The lowest BCUT2D eigenvalue weighted by molar-refractivity contribution is 0.102. The summed E-state index contributed by atoms with van der Waals surface area (Å²) in [5, 5.41) is 6.89. The fourth-order valence-electron chi connectivity index (χ4n) is 1.99. The molecule has 6 heteroatoms. The minimum atomic E-state index is -0.191. The number of aromatic nitrogens is 2. The van der Waals surface area contributed by atoms with Crippen LogP contribution in [-0.4, -0.2) is 20.7 Å². The number of carbonyl (C=O) groups is 1. The van der Waals surface area contributed by atoms with Gasteiger partial charge < -0.3 is 11.1 Å². The van der Waals surface area contributed by atoms with Crippen molar-refractivity contribution in [2.45, 2.75) is 13.3 Å². The molecule has 0 fully saturated rings. The maximum atomic E-state index is 12.4. The SMILES string of the molecule is CCc1ccccc1C(=O)Nc1c(C(N)=S)cnn1C. The molecule has 0 atom stereocenters.